The van der Waals surface area contributed by atoms with E-state index < -0.39 is 0 Å². The third-order valence-electron chi connectivity index (χ3n) is 1.75. The summed E-state index contributed by atoms with van der Waals surface area (Å²) in [6.07, 6.45) is 1.96. The summed E-state index contributed by atoms with van der Waals surface area (Å²) in [5, 5.41) is 0. The van der Waals surface area contributed by atoms with Gasteiger partial charge in [0.25, 0.3) is 0 Å². The Labute approximate surface area is 68.2 Å². The molecule has 0 saturated carbocycles. The highest BCUT2D eigenvalue weighted by Crippen LogP contribution is 2.06. The van der Waals surface area contributed by atoms with Crippen molar-refractivity contribution in [3.8, 4) is 0 Å². The lowest BCUT2D eigenvalue weighted by atomic mass is 10.1. The normalized spacial score (nSPS) is 10.0. The molecule has 59 valence electrons. The molecule has 0 spiro atoms. The summed E-state index contributed by atoms with van der Waals surface area (Å²) < 4.78 is 0. The highest BCUT2D eigenvalue weighted by atomic mass is 14.5. The van der Waals surface area contributed by atoms with Gasteiger partial charge in [0, 0.05) is 6.54 Å². The lowest BCUT2D eigenvalue weighted by Gasteiger charge is -2.00. The van der Waals surface area contributed by atoms with Crippen molar-refractivity contribution >= 4 is 0 Å². The molecule has 0 unspecified atom stereocenters. The second-order valence-electron chi connectivity index (χ2n) is 2.61. The van der Waals surface area contributed by atoms with Gasteiger partial charge < -0.3 is 5.73 Å². The first-order valence-corrected chi connectivity index (χ1v) is 3.98. The van der Waals surface area contributed by atoms with E-state index in [0.717, 1.165) is 12.8 Å². The molecule has 11 heavy (non-hydrogen) atoms. The maximum absolute atomic E-state index is 5.33. The number of hydrogen-bond donors (Lipinski definition) is 1. The fourth-order valence-corrected chi connectivity index (χ4v) is 1.11. The zero-order chi connectivity index (χ0) is 8.10. The van der Waals surface area contributed by atoms with Crippen molar-refractivity contribution in [1.82, 2.24) is 0 Å². The van der Waals surface area contributed by atoms with Crippen LogP contribution < -0.4 is 5.73 Å². The number of nitrogens with two attached hydrogens (primary N) is 1. The average molecular weight is 148 g/mol. The first-order chi connectivity index (χ1) is 5.36. The van der Waals surface area contributed by atoms with Crippen molar-refractivity contribution in [2.24, 2.45) is 5.73 Å². The quantitative estimate of drug-likeness (QED) is 0.696. The monoisotopic (exact) mass is 148 g/mol. The second-order valence-corrected chi connectivity index (χ2v) is 2.61. The van der Waals surface area contributed by atoms with Gasteiger partial charge in [0.2, 0.25) is 0 Å². The van der Waals surface area contributed by atoms with Gasteiger partial charge in [0.15, 0.2) is 0 Å². The summed E-state index contributed by atoms with van der Waals surface area (Å²) >= 11 is 0. The van der Waals surface area contributed by atoms with Crippen LogP contribution in [0.3, 0.4) is 0 Å². The average Bonchev–Trinajstić information content (AvgIpc) is 2.06. The molecule has 1 aromatic carbocycles. The molecule has 1 aromatic rings. The van der Waals surface area contributed by atoms with Crippen molar-refractivity contribution in [3.05, 3.63) is 41.9 Å². The van der Waals surface area contributed by atoms with E-state index >= 15 is 0 Å². The predicted molar refractivity (Wildman–Crippen MR) is 48.0 cm³/mol. The van der Waals surface area contributed by atoms with Gasteiger partial charge in [-0.05, 0) is 24.0 Å². The van der Waals surface area contributed by atoms with Gasteiger partial charge in [0.1, 0.15) is 0 Å². The predicted octanol–water partition coefficient (Wildman–Crippen LogP) is 1.91. The summed E-state index contributed by atoms with van der Waals surface area (Å²) in [4.78, 5) is 0. The van der Waals surface area contributed by atoms with Gasteiger partial charge in [0.05, 0.1) is 0 Å². The Hall–Kier alpha value is -0.820. The van der Waals surface area contributed by atoms with Crippen LogP contribution >= 0.6 is 0 Å². The number of benzene rings is 1. The zero-order valence-corrected chi connectivity index (χ0v) is 6.88. The van der Waals surface area contributed by atoms with Crippen LogP contribution in [0.1, 0.15) is 18.1 Å². The highest BCUT2D eigenvalue weighted by Gasteiger charge is 1.92. The van der Waals surface area contributed by atoms with Crippen LogP contribution in [0.15, 0.2) is 24.3 Å². The number of rotatable bonds is 3. The van der Waals surface area contributed by atoms with Crippen LogP contribution in [-0.4, -0.2) is 0 Å². The smallest absolute Gasteiger partial charge is 0.0236 e. The summed E-state index contributed by atoms with van der Waals surface area (Å²) in [5.74, 6) is 0. The zero-order valence-electron chi connectivity index (χ0n) is 6.88. The van der Waals surface area contributed by atoms with Crippen LogP contribution in [0.2, 0.25) is 0 Å². The van der Waals surface area contributed by atoms with Gasteiger partial charge in [-0.25, -0.2) is 0 Å². The fraction of sp³-hybridized carbons (Fsp3) is 0.300. The molecule has 1 rings (SSSR count). The standard InChI is InChI=1S/C10H14N/c1-2-9-4-3-5-10(8-9)6-7-11/h3-5,7-8H,2,6,11H2,1H3. The van der Waals surface area contributed by atoms with Gasteiger partial charge in [-0.3, -0.25) is 0 Å². The van der Waals surface area contributed by atoms with E-state index in [1.807, 2.05) is 0 Å². The fourth-order valence-electron chi connectivity index (χ4n) is 1.11. The first kappa shape index (κ1) is 8.28. The summed E-state index contributed by atoms with van der Waals surface area (Å²) in [5.41, 5.74) is 8.00. The summed E-state index contributed by atoms with van der Waals surface area (Å²) in [6.45, 7) is 3.85. The van der Waals surface area contributed by atoms with Gasteiger partial charge in [-0.2, -0.15) is 0 Å². The molecule has 0 aliphatic rings. The molecule has 0 aliphatic carbocycles. The molecular weight excluding hydrogens is 134 g/mol. The van der Waals surface area contributed by atoms with E-state index in [-0.39, 0.29) is 0 Å². The molecule has 0 aromatic heterocycles. The van der Waals surface area contributed by atoms with Crippen molar-refractivity contribution in [2.45, 2.75) is 19.8 Å². The molecule has 0 heterocycles. The van der Waals surface area contributed by atoms with Crippen molar-refractivity contribution in [1.29, 1.82) is 0 Å². The van der Waals surface area contributed by atoms with Crippen molar-refractivity contribution in [3.63, 3.8) is 0 Å². The van der Waals surface area contributed by atoms with E-state index in [2.05, 4.69) is 31.2 Å². The molecular formula is C10H14N. The van der Waals surface area contributed by atoms with E-state index in [1.54, 1.807) is 6.54 Å². The topological polar surface area (TPSA) is 26.0 Å². The maximum Gasteiger partial charge on any atom is 0.0236 e. The highest BCUT2D eigenvalue weighted by molar-refractivity contribution is 5.24. The minimum Gasteiger partial charge on any atom is -0.326 e. The van der Waals surface area contributed by atoms with Crippen LogP contribution in [-0.2, 0) is 12.8 Å². The minimum absolute atomic E-state index is 0.869. The van der Waals surface area contributed by atoms with Gasteiger partial charge in [-0.15, -0.1) is 0 Å². The third-order valence-corrected chi connectivity index (χ3v) is 1.75. The Morgan fingerprint density at radius 3 is 2.73 bits per heavy atom. The number of aryl methyl sites for hydroxylation is 1. The molecule has 0 saturated heterocycles. The third kappa shape index (κ3) is 2.35. The molecule has 1 nitrogen and oxygen atoms in total. The number of hydrogen-bond acceptors (Lipinski definition) is 1. The SMILES string of the molecule is CCc1cccc(C[CH]N)c1. The lowest BCUT2D eigenvalue weighted by molar-refractivity contribution is 1.07. The minimum atomic E-state index is 0.869. The van der Waals surface area contributed by atoms with Crippen molar-refractivity contribution < 1.29 is 0 Å². The Kier molecular flexibility index (Phi) is 3.12. The Balaban J connectivity index is 2.74. The first-order valence-electron chi connectivity index (χ1n) is 3.98. The Morgan fingerprint density at radius 2 is 2.09 bits per heavy atom. The van der Waals surface area contributed by atoms with Crippen LogP contribution in [0.5, 0.6) is 0 Å². The van der Waals surface area contributed by atoms with Crippen molar-refractivity contribution in [2.75, 3.05) is 0 Å². The molecule has 0 atom stereocenters. The second kappa shape index (κ2) is 4.14. The van der Waals surface area contributed by atoms with Crippen LogP contribution in [0, 0.1) is 6.54 Å². The summed E-state index contributed by atoms with van der Waals surface area (Å²) in [7, 11) is 0. The Bertz CT molecular complexity index is 218. The molecule has 1 radical (unpaired) electrons. The molecule has 2 N–H and O–H groups in total. The molecule has 0 aliphatic heterocycles. The van der Waals surface area contributed by atoms with Gasteiger partial charge in [-0.1, -0.05) is 31.2 Å². The Morgan fingerprint density at radius 1 is 1.36 bits per heavy atom. The van der Waals surface area contributed by atoms with E-state index in [0.29, 0.717) is 0 Å². The lowest BCUT2D eigenvalue weighted by Crippen LogP contribution is -1.95. The van der Waals surface area contributed by atoms with E-state index in [4.69, 9.17) is 5.73 Å². The molecule has 0 fully saturated rings. The van der Waals surface area contributed by atoms with Gasteiger partial charge >= 0.3 is 0 Å². The maximum atomic E-state index is 5.33. The largest absolute Gasteiger partial charge is 0.326 e. The molecule has 0 bridgehead atoms. The van der Waals surface area contributed by atoms with E-state index in [9.17, 15) is 0 Å². The molecule has 0 amide bonds. The van der Waals surface area contributed by atoms with Crippen LogP contribution in [0.4, 0.5) is 0 Å². The molecule has 1 heteroatoms. The van der Waals surface area contributed by atoms with Crippen LogP contribution in [0.25, 0.3) is 0 Å². The summed E-state index contributed by atoms with van der Waals surface area (Å²) in [6, 6.07) is 8.52. The van der Waals surface area contributed by atoms with E-state index in [1.165, 1.54) is 11.1 Å².